The minimum absolute atomic E-state index is 0.322. The Morgan fingerprint density at radius 2 is 1.71 bits per heavy atom. The molecule has 0 N–H and O–H groups in total. The van der Waals surface area contributed by atoms with Crippen molar-refractivity contribution >= 4 is 6.21 Å². The minimum Gasteiger partial charge on any atom is -0.374 e. The first kappa shape index (κ1) is 14.9. The third-order valence-electron chi connectivity index (χ3n) is 2.88. The lowest BCUT2D eigenvalue weighted by Crippen LogP contribution is -1.98. The van der Waals surface area contributed by atoms with Crippen molar-refractivity contribution in [3.8, 4) is 11.8 Å². The average Bonchev–Trinajstić information content (AvgIpc) is 2.55. The maximum Gasteiger partial charge on any atom is 0.212 e. The Bertz CT molecular complexity index is 608. The Hall–Kier alpha value is -2.53. The molecule has 0 saturated heterocycles. The van der Waals surface area contributed by atoms with E-state index in [0.717, 1.165) is 24.0 Å². The van der Waals surface area contributed by atoms with Gasteiger partial charge in [-0.1, -0.05) is 84.6 Å². The first-order valence-corrected chi connectivity index (χ1v) is 7.17. The van der Waals surface area contributed by atoms with Crippen LogP contribution in [0.4, 0.5) is 0 Å². The molecule has 0 aliphatic carbocycles. The topological polar surface area (TPSA) is 21.6 Å². The maximum atomic E-state index is 5.57. The third kappa shape index (κ3) is 5.16. The van der Waals surface area contributed by atoms with Gasteiger partial charge in [-0.3, -0.25) is 0 Å². The predicted molar refractivity (Wildman–Crippen MR) is 87.0 cm³/mol. The van der Waals surface area contributed by atoms with Gasteiger partial charge in [0.25, 0.3) is 0 Å². The van der Waals surface area contributed by atoms with E-state index in [1.165, 1.54) is 0 Å². The van der Waals surface area contributed by atoms with E-state index in [-0.39, 0.29) is 6.10 Å². The summed E-state index contributed by atoms with van der Waals surface area (Å²) in [6, 6.07) is 19.8. The Balaban J connectivity index is 2.06. The molecule has 1 atom stereocenters. The highest BCUT2D eigenvalue weighted by Crippen LogP contribution is 2.16. The van der Waals surface area contributed by atoms with Gasteiger partial charge in [-0.25, -0.2) is 0 Å². The zero-order valence-corrected chi connectivity index (χ0v) is 12.2. The molecule has 1 unspecified atom stereocenters. The van der Waals surface area contributed by atoms with Gasteiger partial charge in [-0.15, -0.1) is 0 Å². The van der Waals surface area contributed by atoms with E-state index >= 15 is 0 Å². The molecule has 0 aliphatic heterocycles. The molecule has 0 radical (unpaired) electrons. The van der Waals surface area contributed by atoms with Crippen LogP contribution in [0.1, 0.15) is 37.0 Å². The van der Waals surface area contributed by atoms with Crippen LogP contribution in [0.3, 0.4) is 0 Å². The second kappa shape index (κ2) is 8.60. The minimum atomic E-state index is -0.322. The average molecular weight is 277 g/mol. The van der Waals surface area contributed by atoms with Gasteiger partial charge in [0.1, 0.15) is 0 Å². The third-order valence-corrected chi connectivity index (χ3v) is 2.88. The summed E-state index contributed by atoms with van der Waals surface area (Å²) >= 11 is 0. The van der Waals surface area contributed by atoms with Crippen LogP contribution in [0.2, 0.25) is 0 Å². The van der Waals surface area contributed by atoms with Crippen molar-refractivity contribution in [3.05, 3.63) is 71.8 Å². The van der Waals surface area contributed by atoms with E-state index in [9.17, 15) is 0 Å². The second-order valence-electron chi connectivity index (χ2n) is 4.61. The Kier molecular flexibility index (Phi) is 6.09. The van der Waals surface area contributed by atoms with E-state index in [1.807, 2.05) is 60.7 Å². The summed E-state index contributed by atoms with van der Waals surface area (Å²) < 4.78 is 0. The van der Waals surface area contributed by atoms with E-state index in [0.29, 0.717) is 0 Å². The van der Waals surface area contributed by atoms with E-state index in [4.69, 9.17) is 4.84 Å². The first-order chi connectivity index (χ1) is 10.4. The largest absolute Gasteiger partial charge is 0.374 e. The fraction of sp³-hybridized carbons (Fsp3) is 0.211. The summed E-state index contributed by atoms with van der Waals surface area (Å²) in [5.41, 5.74) is 2.03. The highest BCUT2D eigenvalue weighted by atomic mass is 16.6. The van der Waals surface area contributed by atoms with Crippen LogP contribution in [0.15, 0.2) is 65.8 Å². The number of benzene rings is 2. The zero-order chi connectivity index (χ0) is 14.8. The van der Waals surface area contributed by atoms with Crippen molar-refractivity contribution in [2.45, 2.75) is 25.9 Å². The van der Waals surface area contributed by atoms with Crippen molar-refractivity contribution in [3.63, 3.8) is 0 Å². The van der Waals surface area contributed by atoms with E-state index in [1.54, 1.807) is 6.21 Å². The molecule has 2 aromatic rings. The lowest BCUT2D eigenvalue weighted by atomic mass is 10.1. The van der Waals surface area contributed by atoms with Crippen LogP contribution >= 0.6 is 0 Å². The van der Waals surface area contributed by atoms with Crippen LogP contribution < -0.4 is 0 Å². The molecule has 0 aromatic heterocycles. The molecular formula is C19H19NO. The molecular weight excluding hydrogens is 258 g/mol. The van der Waals surface area contributed by atoms with Gasteiger partial charge in [0.15, 0.2) is 0 Å². The van der Waals surface area contributed by atoms with Gasteiger partial charge in [-0.2, -0.15) is 0 Å². The molecule has 0 saturated carbocycles. The van der Waals surface area contributed by atoms with Crippen molar-refractivity contribution in [2.75, 3.05) is 0 Å². The SMILES string of the molecule is CCCC#CC(O/N=C/c1ccccc1)c1ccccc1. The monoisotopic (exact) mass is 277 g/mol. The fourth-order valence-electron chi connectivity index (χ4n) is 1.78. The van der Waals surface area contributed by atoms with Crippen molar-refractivity contribution in [2.24, 2.45) is 5.16 Å². The Morgan fingerprint density at radius 3 is 2.38 bits per heavy atom. The van der Waals surface area contributed by atoms with E-state index in [2.05, 4.69) is 23.9 Å². The van der Waals surface area contributed by atoms with Crippen molar-refractivity contribution < 1.29 is 4.84 Å². The molecule has 0 amide bonds. The molecule has 2 aromatic carbocycles. The predicted octanol–water partition coefficient (Wildman–Crippen LogP) is 4.58. The number of rotatable bonds is 5. The first-order valence-electron chi connectivity index (χ1n) is 7.17. The maximum absolute atomic E-state index is 5.57. The zero-order valence-electron chi connectivity index (χ0n) is 12.2. The van der Waals surface area contributed by atoms with Gasteiger partial charge in [0, 0.05) is 12.0 Å². The normalized spacial score (nSPS) is 11.7. The van der Waals surface area contributed by atoms with Gasteiger partial charge >= 0.3 is 0 Å². The van der Waals surface area contributed by atoms with Gasteiger partial charge < -0.3 is 4.84 Å². The highest BCUT2D eigenvalue weighted by molar-refractivity contribution is 5.78. The highest BCUT2D eigenvalue weighted by Gasteiger charge is 2.07. The lowest BCUT2D eigenvalue weighted by Gasteiger charge is -2.08. The summed E-state index contributed by atoms with van der Waals surface area (Å²) in [5.74, 6) is 6.27. The summed E-state index contributed by atoms with van der Waals surface area (Å²) in [5, 5.41) is 4.07. The smallest absolute Gasteiger partial charge is 0.212 e. The van der Waals surface area contributed by atoms with Crippen LogP contribution in [-0.4, -0.2) is 6.21 Å². The Morgan fingerprint density at radius 1 is 1.05 bits per heavy atom. The van der Waals surface area contributed by atoms with Gasteiger partial charge in [-0.05, 0) is 12.0 Å². The molecule has 0 spiro atoms. The standard InChI is InChI=1S/C19H19NO/c1-2-3-6-15-19(18-13-9-5-10-14-18)21-20-16-17-11-7-4-8-12-17/h4-5,7-14,16,19H,2-3H2,1H3/b20-16+. The van der Waals surface area contributed by atoms with Crippen LogP contribution in [0.25, 0.3) is 0 Å². The number of hydrogen-bond donors (Lipinski definition) is 0. The van der Waals surface area contributed by atoms with Gasteiger partial charge in [0.2, 0.25) is 6.10 Å². The molecule has 21 heavy (non-hydrogen) atoms. The van der Waals surface area contributed by atoms with Crippen LogP contribution in [-0.2, 0) is 4.84 Å². The summed E-state index contributed by atoms with van der Waals surface area (Å²) in [4.78, 5) is 5.57. The molecule has 106 valence electrons. The van der Waals surface area contributed by atoms with E-state index < -0.39 is 0 Å². The van der Waals surface area contributed by atoms with Gasteiger partial charge in [0.05, 0.1) is 6.21 Å². The molecule has 0 bridgehead atoms. The molecule has 0 fully saturated rings. The Labute approximate surface area is 126 Å². The fourth-order valence-corrected chi connectivity index (χ4v) is 1.78. The molecule has 2 nitrogen and oxygen atoms in total. The van der Waals surface area contributed by atoms with Crippen LogP contribution in [0.5, 0.6) is 0 Å². The summed E-state index contributed by atoms with van der Waals surface area (Å²) in [7, 11) is 0. The number of oxime groups is 1. The van der Waals surface area contributed by atoms with Crippen molar-refractivity contribution in [1.29, 1.82) is 0 Å². The summed E-state index contributed by atoms with van der Waals surface area (Å²) in [6.45, 7) is 2.11. The lowest BCUT2D eigenvalue weighted by molar-refractivity contribution is 0.101. The number of hydrogen-bond acceptors (Lipinski definition) is 2. The quantitative estimate of drug-likeness (QED) is 0.445. The number of nitrogens with zero attached hydrogens (tertiary/aromatic N) is 1. The van der Waals surface area contributed by atoms with Crippen molar-refractivity contribution in [1.82, 2.24) is 0 Å². The number of unbranched alkanes of at least 4 members (excludes halogenated alkanes) is 1. The molecule has 0 heterocycles. The molecule has 2 heteroatoms. The molecule has 2 rings (SSSR count). The summed E-state index contributed by atoms with van der Waals surface area (Å²) in [6.07, 6.45) is 3.30. The molecule has 0 aliphatic rings. The van der Waals surface area contributed by atoms with Crippen LogP contribution in [0, 0.1) is 11.8 Å². The second-order valence-corrected chi connectivity index (χ2v) is 4.61.